The van der Waals surface area contributed by atoms with Crippen molar-refractivity contribution in [2.24, 2.45) is 0 Å². The second-order valence-electron chi connectivity index (χ2n) is 3.40. The summed E-state index contributed by atoms with van der Waals surface area (Å²) in [5.41, 5.74) is -0.457. The van der Waals surface area contributed by atoms with E-state index in [1.165, 1.54) is 0 Å². The molecule has 1 atom stereocenters. The minimum Gasteiger partial charge on any atom is -0.461 e. The molecule has 0 aliphatic heterocycles. The number of halogens is 1. The van der Waals surface area contributed by atoms with Crippen LogP contribution in [0, 0.1) is 0 Å². The van der Waals surface area contributed by atoms with Crippen molar-refractivity contribution in [2.45, 2.75) is 32.4 Å². The Labute approximate surface area is 83.6 Å². The third kappa shape index (κ3) is 5.08. The first-order valence-electron chi connectivity index (χ1n) is 4.01. The Balaban J connectivity index is 3.83. The Hall–Kier alpha value is -0.320. The quantitative estimate of drug-likeness (QED) is 0.544. The van der Waals surface area contributed by atoms with E-state index < -0.39 is 11.6 Å². The maximum Gasteiger partial charge on any atom is 0.324 e. The van der Waals surface area contributed by atoms with Crippen molar-refractivity contribution in [3.63, 3.8) is 0 Å². The van der Waals surface area contributed by atoms with Crippen molar-refractivity contribution in [2.75, 3.05) is 13.7 Å². The standard InChI is InChI=1S/C8H16ClNO3/c1-6(10-9)7(11)13-5-8(2,3)12-4/h6,10H,5H2,1-4H3/t6-/m0/s1. The lowest BCUT2D eigenvalue weighted by atomic mass is 10.1. The van der Waals surface area contributed by atoms with E-state index >= 15 is 0 Å². The summed E-state index contributed by atoms with van der Waals surface area (Å²) in [6.45, 7) is 5.50. The van der Waals surface area contributed by atoms with Crippen LogP contribution in [0.4, 0.5) is 0 Å². The van der Waals surface area contributed by atoms with E-state index in [1.807, 2.05) is 13.8 Å². The molecule has 0 aliphatic carbocycles. The summed E-state index contributed by atoms with van der Waals surface area (Å²) >= 11 is 5.25. The molecule has 5 heteroatoms. The van der Waals surface area contributed by atoms with Gasteiger partial charge in [-0.25, -0.2) is 4.84 Å². The van der Waals surface area contributed by atoms with Crippen LogP contribution in [0.1, 0.15) is 20.8 Å². The van der Waals surface area contributed by atoms with E-state index in [2.05, 4.69) is 4.84 Å². The molecular weight excluding hydrogens is 194 g/mol. The van der Waals surface area contributed by atoms with Crippen LogP contribution in [0.2, 0.25) is 0 Å². The lowest BCUT2D eigenvalue weighted by Gasteiger charge is -2.22. The lowest BCUT2D eigenvalue weighted by Crippen LogP contribution is -2.35. The fraction of sp³-hybridized carbons (Fsp3) is 0.875. The van der Waals surface area contributed by atoms with E-state index in [-0.39, 0.29) is 12.6 Å². The number of carbonyl (C=O) groups is 1. The number of hydrogen-bond acceptors (Lipinski definition) is 4. The Morgan fingerprint density at radius 3 is 2.54 bits per heavy atom. The highest BCUT2D eigenvalue weighted by atomic mass is 35.5. The van der Waals surface area contributed by atoms with Crippen molar-refractivity contribution in [1.82, 2.24) is 4.84 Å². The van der Waals surface area contributed by atoms with E-state index in [1.54, 1.807) is 14.0 Å². The largest absolute Gasteiger partial charge is 0.461 e. The van der Waals surface area contributed by atoms with Crippen LogP contribution in [0.5, 0.6) is 0 Å². The van der Waals surface area contributed by atoms with E-state index in [9.17, 15) is 4.79 Å². The molecule has 0 aromatic heterocycles. The van der Waals surface area contributed by atoms with Crippen LogP contribution < -0.4 is 4.84 Å². The molecule has 0 aliphatic rings. The minimum atomic E-state index is -0.505. The SMILES string of the molecule is COC(C)(C)COC(=O)[C@H](C)NCl. The van der Waals surface area contributed by atoms with Gasteiger partial charge in [0.05, 0.1) is 5.60 Å². The molecule has 0 spiro atoms. The molecule has 0 fully saturated rings. The number of ether oxygens (including phenoxy) is 2. The predicted molar refractivity (Wildman–Crippen MR) is 50.5 cm³/mol. The first kappa shape index (κ1) is 12.7. The molecule has 1 N–H and O–H groups in total. The molecule has 78 valence electrons. The highest BCUT2D eigenvalue weighted by molar-refractivity contribution is 6.14. The normalized spacial score (nSPS) is 13.9. The van der Waals surface area contributed by atoms with E-state index in [4.69, 9.17) is 21.3 Å². The summed E-state index contributed by atoms with van der Waals surface area (Å²) in [7, 11) is 1.57. The number of nitrogens with one attached hydrogen (secondary N) is 1. The third-order valence-electron chi connectivity index (χ3n) is 1.63. The summed E-state index contributed by atoms with van der Waals surface area (Å²) < 4.78 is 10.0. The zero-order valence-electron chi connectivity index (χ0n) is 8.39. The van der Waals surface area contributed by atoms with Crippen LogP contribution in [0.15, 0.2) is 0 Å². The van der Waals surface area contributed by atoms with Crippen LogP contribution in [0.25, 0.3) is 0 Å². The zero-order valence-corrected chi connectivity index (χ0v) is 9.14. The summed E-state index contributed by atoms with van der Waals surface area (Å²) in [4.78, 5) is 13.4. The first-order valence-corrected chi connectivity index (χ1v) is 4.38. The van der Waals surface area contributed by atoms with Gasteiger partial charge in [0.15, 0.2) is 0 Å². The average Bonchev–Trinajstić information content (AvgIpc) is 2.13. The summed E-state index contributed by atoms with van der Waals surface area (Å²) in [6, 6.07) is -0.505. The number of esters is 1. The fourth-order valence-corrected chi connectivity index (χ4v) is 0.562. The maximum atomic E-state index is 11.1. The predicted octanol–water partition coefficient (Wildman–Crippen LogP) is 1.09. The zero-order chi connectivity index (χ0) is 10.5. The molecule has 4 nitrogen and oxygen atoms in total. The van der Waals surface area contributed by atoms with Gasteiger partial charge in [0.25, 0.3) is 0 Å². The van der Waals surface area contributed by atoms with Gasteiger partial charge >= 0.3 is 5.97 Å². The molecule has 13 heavy (non-hydrogen) atoms. The highest BCUT2D eigenvalue weighted by Crippen LogP contribution is 2.07. The molecule has 0 saturated carbocycles. The molecule has 0 radical (unpaired) electrons. The molecule has 0 aromatic rings. The van der Waals surface area contributed by atoms with Crippen molar-refractivity contribution in [3.8, 4) is 0 Å². The summed E-state index contributed by atoms with van der Waals surface area (Å²) in [6.07, 6.45) is 0. The summed E-state index contributed by atoms with van der Waals surface area (Å²) in [5, 5.41) is 0. The van der Waals surface area contributed by atoms with Gasteiger partial charge in [-0.3, -0.25) is 4.79 Å². The Morgan fingerprint density at radius 2 is 2.15 bits per heavy atom. The van der Waals surface area contributed by atoms with Gasteiger partial charge in [-0.1, -0.05) is 0 Å². The van der Waals surface area contributed by atoms with Gasteiger partial charge in [-0.15, -0.1) is 0 Å². The first-order chi connectivity index (χ1) is 5.93. The fourth-order valence-electron chi connectivity index (χ4n) is 0.473. The van der Waals surface area contributed by atoms with Crippen LogP contribution in [-0.4, -0.2) is 31.3 Å². The van der Waals surface area contributed by atoms with Gasteiger partial charge in [0.1, 0.15) is 12.6 Å². The van der Waals surface area contributed by atoms with E-state index in [0.29, 0.717) is 0 Å². The van der Waals surface area contributed by atoms with Crippen LogP contribution >= 0.6 is 11.8 Å². The molecule has 0 bridgehead atoms. The second kappa shape index (κ2) is 5.42. The van der Waals surface area contributed by atoms with Gasteiger partial charge in [0, 0.05) is 7.11 Å². The van der Waals surface area contributed by atoms with Gasteiger partial charge < -0.3 is 9.47 Å². The lowest BCUT2D eigenvalue weighted by molar-refractivity contribution is -0.152. The molecular formula is C8H16ClNO3. The molecule has 0 saturated heterocycles. The average molecular weight is 210 g/mol. The van der Waals surface area contributed by atoms with Crippen molar-refractivity contribution in [1.29, 1.82) is 0 Å². The number of carbonyl (C=O) groups excluding carboxylic acids is 1. The number of rotatable bonds is 5. The Morgan fingerprint density at radius 1 is 1.62 bits per heavy atom. The Bertz CT molecular complexity index is 173. The highest BCUT2D eigenvalue weighted by Gasteiger charge is 2.21. The van der Waals surface area contributed by atoms with Gasteiger partial charge in [-0.05, 0) is 32.5 Å². The maximum absolute atomic E-state index is 11.1. The smallest absolute Gasteiger partial charge is 0.324 e. The third-order valence-corrected chi connectivity index (χ3v) is 1.96. The number of methoxy groups -OCH3 is 1. The van der Waals surface area contributed by atoms with Crippen molar-refractivity contribution < 1.29 is 14.3 Å². The van der Waals surface area contributed by atoms with E-state index in [0.717, 1.165) is 0 Å². The van der Waals surface area contributed by atoms with Crippen molar-refractivity contribution in [3.05, 3.63) is 0 Å². The van der Waals surface area contributed by atoms with Crippen LogP contribution in [0.3, 0.4) is 0 Å². The molecule has 0 amide bonds. The van der Waals surface area contributed by atoms with Gasteiger partial charge in [-0.2, -0.15) is 0 Å². The monoisotopic (exact) mass is 209 g/mol. The molecule has 0 rings (SSSR count). The second-order valence-corrected chi connectivity index (χ2v) is 3.62. The topological polar surface area (TPSA) is 47.6 Å². The van der Waals surface area contributed by atoms with Crippen molar-refractivity contribution >= 4 is 17.7 Å². The molecule has 0 unspecified atom stereocenters. The van der Waals surface area contributed by atoms with Crippen LogP contribution in [-0.2, 0) is 14.3 Å². The van der Waals surface area contributed by atoms with Gasteiger partial charge in [0.2, 0.25) is 0 Å². The Kier molecular flexibility index (Phi) is 5.29. The molecule has 0 heterocycles. The minimum absolute atomic E-state index is 0.214. The number of hydrogen-bond donors (Lipinski definition) is 1. The summed E-state index contributed by atoms with van der Waals surface area (Å²) in [5.74, 6) is -0.389. The molecule has 0 aromatic carbocycles.